The zero-order valence-corrected chi connectivity index (χ0v) is 15.3. The van der Waals surface area contributed by atoms with Crippen LogP contribution in [0.15, 0.2) is 79.0 Å². The van der Waals surface area contributed by atoms with Gasteiger partial charge in [-0.25, -0.2) is 4.79 Å². The van der Waals surface area contributed by atoms with Crippen molar-refractivity contribution in [1.29, 1.82) is 0 Å². The number of urea groups is 1. The number of benzene rings is 2. The summed E-state index contributed by atoms with van der Waals surface area (Å²) < 4.78 is 2.19. The van der Waals surface area contributed by atoms with Crippen LogP contribution >= 0.6 is 0 Å². The molecule has 0 saturated heterocycles. The van der Waals surface area contributed by atoms with Crippen molar-refractivity contribution in [2.75, 3.05) is 5.32 Å². The summed E-state index contributed by atoms with van der Waals surface area (Å²) in [6, 6.07) is 24.0. The first-order valence-electron chi connectivity index (χ1n) is 8.94. The van der Waals surface area contributed by atoms with E-state index in [1.165, 1.54) is 5.56 Å². The molecule has 4 nitrogen and oxygen atoms in total. The molecule has 2 amide bonds. The maximum Gasteiger partial charge on any atom is 0.322 e. The maximum atomic E-state index is 12.8. The number of nitrogens with zero attached hydrogens (tertiary/aromatic N) is 2. The van der Waals surface area contributed by atoms with E-state index in [2.05, 4.69) is 34.3 Å². The van der Waals surface area contributed by atoms with Gasteiger partial charge < -0.3 is 14.8 Å². The zero-order chi connectivity index (χ0) is 18.4. The SMILES string of the molecule is CC(C)N(Cc1cccn1Cc1ccccc1)C(=O)Nc1ccccc1. The molecular weight excluding hydrogens is 322 g/mol. The number of carbonyl (C=O) groups is 1. The Bertz CT molecular complexity index is 825. The van der Waals surface area contributed by atoms with E-state index in [0.29, 0.717) is 6.54 Å². The fourth-order valence-corrected chi connectivity index (χ4v) is 2.91. The zero-order valence-electron chi connectivity index (χ0n) is 15.3. The van der Waals surface area contributed by atoms with E-state index in [1.807, 2.05) is 73.3 Å². The standard InChI is InChI=1S/C22H25N3O/c1-18(2)25(22(26)23-20-12-7-4-8-13-20)17-21-14-9-15-24(21)16-19-10-5-3-6-11-19/h3-15,18H,16-17H2,1-2H3,(H,23,26). The predicted octanol–water partition coefficient (Wildman–Crippen LogP) is 4.98. The number of anilines is 1. The predicted molar refractivity (Wildman–Crippen MR) is 106 cm³/mol. The fourth-order valence-electron chi connectivity index (χ4n) is 2.91. The lowest BCUT2D eigenvalue weighted by atomic mass is 10.2. The minimum atomic E-state index is -0.0846. The van der Waals surface area contributed by atoms with Crippen LogP contribution in [0.5, 0.6) is 0 Å². The van der Waals surface area contributed by atoms with Crippen molar-refractivity contribution in [3.05, 3.63) is 90.3 Å². The fraction of sp³-hybridized carbons (Fsp3) is 0.227. The van der Waals surface area contributed by atoms with E-state index in [1.54, 1.807) is 0 Å². The van der Waals surface area contributed by atoms with Crippen LogP contribution in [0.4, 0.5) is 10.5 Å². The summed E-state index contributed by atoms with van der Waals surface area (Å²) in [5, 5.41) is 2.98. The van der Waals surface area contributed by atoms with Gasteiger partial charge in [0.05, 0.1) is 6.54 Å². The smallest absolute Gasteiger partial charge is 0.322 e. The average Bonchev–Trinajstić information content (AvgIpc) is 3.08. The highest BCUT2D eigenvalue weighted by molar-refractivity contribution is 5.89. The van der Waals surface area contributed by atoms with Gasteiger partial charge in [0.2, 0.25) is 0 Å². The molecule has 0 aliphatic carbocycles. The molecule has 1 heterocycles. The highest BCUT2D eigenvalue weighted by Crippen LogP contribution is 2.15. The largest absolute Gasteiger partial charge is 0.345 e. The number of para-hydroxylation sites is 1. The van der Waals surface area contributed by atoms with Crippen LogP contribution in [0.1, 0.15) is 25.1 Å². The van der Waals surface area contributed by atoms with Gasteiger partial charge in [0.15, 0.2) is 0 Å². The third kappa shape index (κ3) is 4.54. The molecule has 3 rings (SSSR count). The van der Waals surface area contributed by atoms with E-state index >= 15 is 0 Å². The van der Waals surface area contributed by atoms with Crippen molar-refractivity contribution in [1.82, 2.24) is 9.47 Å². The van der Waals surface area contributed by atoms with Gasteiger partial charge >= 0.3 is 6.03 Å². The van der Waals surface area contributed by atoms with Crippen molar-refractivity contribution >= 4 is 11.7 Å². The Morgan fingerprint density at radius 3 is 2.27 bits per heavy atom. The normalized spacial score (nSPS) is 10.7. The molecule has 134 valence electrons. The van der Waals surface area contributed by atoms with Gasteiger partial charge in [-0.1, -0.05) is 48.5 Å². The third-order valence-electron chi connectivity index (χ3n) is 4.36. The number of hydrogen-bond acceptors (Lipinski definition) is 1. The Hall–Kier alpha value is -3.01. The first-order valence-corrected chi connectivity index (χ1v) is 8.94. The van der Waals surface area contributed by atoms with Crippen LogP contribution < -0.4 is 5.32 Å². The molecule has 3 aromatic rings. The minimum absolute atomic E-state index is 0.0846. The van der Waals surface area contributed by atoms with E-state index in [0.717, 1.165) is 17.9 Å². The molecule has 4 heteroatoms. The van der Waals surface area contributed by atoms with Crippen LogP contribution in [0.3, 0.4) is 0 Å². The van der Waals surface area contributed by atoms with Crippen LogP contribution in [0, 0.1) is 0 Å². The molecule has 0 saturated carbocycles. The summed E-state index contributed by atoms with van der Waals surface area (Å²) in [6.07, 6.45) is 2.07. The third-order valence-corrected chi connectivity index (χ3v) is 4.36. The van der Waals surface area contributed by atoms with Crippen LogP contribution in [0.2, 0.25) is 0 Å². The van der Waals surface area contributed by atoms with Crippen molar-refractivity contribution in [3.63, 3.8) is 0 Å². The van der Waals surface area contributed by atoms with Crippen LogP contribution in [-0.2, 0) is 13.1 Å². The minimum Gasteiger partial charge on any atom is -0.345 e. The second kappa shape index (κ2) is 8.39. The number of rotatable bonds is 6. The highest BCUT2D eigenvalue weighted by atomic mass is 16.2. The summed E-state index contributed by atoms with van der Waals surface area (Å²) in [7, 11) is 0. The lowest BCUT2D eigenvalue weighted by molar-refractivity contribution is 0.192. The molecule has 0 aliphatic heterocycles. The van der Waals surface area contributed by atoms with E-state index < -0.39 is 0 Å². The Labute approximate surface area is 155 Å². The molecular formula is C22H25N3O. The average molecular weight is 347 g/mol. The van der Waals surface area contributed by atoms with Crippen molar-refractivity contribution < 1.29 is 4.79 Å². The van der Waals surface area contributed by atoms with Gasteiger partial charge in [-0.05, 0) is 43.7 Å². The summed E-state index contributed by atoms with van der Waals surface area (Å²) in [4.78, 5) is 14.6. The number of amides is 2. The van der Waals surface area contributed by atoms with Crippen LogP contribution in [0.25, 0.3) is 0 Å². The van der Waals surface area contributed by atoms with Crippen molar-refractivity contribution in [3.8, 4) is 0 Å². The van der Waals surface area contributed by atoms with E-state index in [9.17, 15) is 4.79 Å². The monoisotopic (exact) mass is 347 g/mol. The Morgan fingerprint density at radius 1 is 0.962 bits per heavy atom. The van der Waals surface area contributed by atoms with Crippen LogP contribution in [-0.4, -0.2) is 21.5 Å². The number of aromatic nitrogens is 1. The topological polar surface area (TPSA) is 37.3 Å². The Balaban J connectivity index is 1.72. The lowest BCUT2D eigenvalue weighted by Crippen LogP contribution is -2.40. The van der Waals surface area contributed by atoms with Gasteiger partial charge in [-0.15, -0.1) is 0 Å². The molecule has 2 aromatic carbocycles. The molecule has 1 N–H and O–H groups in total. The summed E-state index contributed by atoms with van der Waals surface area (Å²) in [6.45, 7) is 5.44. The first-order chi connectivity index (χ1) is 12.6. The second-order valence-corrected chi connectivity index (χ2v) is 6.63. The molecule has 26 heavy (non-hydrogen) atoms. The van der Waals surface area contributed by atoms with E-state index in [4.69, 9.17) is 0 Å². The van der Waals surface area contributed by atoms with Gasteiger partial charge in [0.25, 0.3) is 0 Å². The number of carbonyl (C=O) groups excluding carboxylic acids is 1. The van der Waals surface area contributed by atoms with Gasteiger partial charge in [0.1, 0.15) is 0 Å². The van der Waals surface area contributed by atoms with Gasteiger partial charge in [0, 0.05) is 30.2 Å². The Morgan fingerprint density at radius 2 is 1.62 bits per heavy atom. The van der Waals surface area contributed by atoms with Gasteiger partial charge in [-0.2, -0.15) is 0 Å². The maximum absolute atomic E-state index is 12.8. The number of nitrogens with one attached hydrogen (secondary N) is 1. The summed E-state index contributed by atoms with van der Waals surface area (Å²) in [5.74, 6) is 0. The lowest BCUT2D eigenvalue weighted by Gasteiger charge is -2.27. The molecule has 0 aliphatic rings. The summed E-state index contributed by atoms with van der Waals surface area (Å²) >= 11 is 0. The molecule has 0 unspecified atom stereocenters. The number of hydrogen-bond donors (Lipinski definition) is 1. The van der Waals surface area contributed by atoms with E-state index in [-0.39, 0.29) is 12.1 Å². The molecule has 0 bridgehead atoms. The summed E-state index contributed by atoms with van der Waals surface area (Å²) in [5.41, 5.74) is 3.17. The molecule has 0 fully saturated rings. The second-order valence-electron chi connectivity index (χ2n) is 6.63. The Kier molecular flexibility index (Phi) is 5.74. The quantitative estimate of drug-likeness (QED) is 0.671. The van der Waals surface area contributed by atoms with Gasteiger partial charge in [-0.3, -0.25) is 0 Å². The van der Waals surface area contributed by atoms with Crippen molar-refractivity contribution in [2.24, 2.45) is 0 Å². The molecule has 0 radical (unpaired) electrons. The molecule has 0 atom stereocenters. The van der Waals surface area contributed by atoms with Crippen molar-refractivity contribution in [2.45, 2.75) is 33.0 Å². The first kappa shape index (κ1) is 17.8. The molecule has 1 aromatic heterocycles. The molecule has 0 spiro atoms. The highest BCUT2D eigenvalue weighted by Gasteiger charge is 2.19.